The van der Waals surface area contributed by atoms with Crippen molar-refractivity contribution in [2.24, 2.45) is 17.4 Å². The van der Waals surface area contributed by atoms with Gasteiger partial charge in [0.1, 0.15) is 12.1 Å². The van der Waals surface area contributed by atoms with Crippen LogP contribution >= 0.6 is 0 Å². The fourth-order valence-electron chi connectivity index (χ4n) is 3.55. The zero-order valence-corrected chi connectivity index (χ0v) is 19.7. The summed E-state index contributed by atoms with van der Waals surface area (Å²) in [6.07, 6.45) is 1.61. The maximum absolute atomic E-state index is 12.6. The van der Waals surface area contributed by atoms with Gasteiger partial charge in [-0.2, -0.15) is 0 Å². The van der Waals surface area contributed by atoms with Crippen LogP contribution in [0.25, 0.3) is 10.9 Å². The number of aromatic amines is 1. The number of hydrogen-bond acceptors (Lipinski definition) is 6. The Hall–Kier alpha value is -3.93. The van der Waals surface area contributed by atoms with E-state index in [2.05, 4.69) is 20.9 Å². The van der Waals surface area contributed by atoms with Crippen molar-refractivity contribution in [2.75, 3.05) is 6.54 Å². The number of H-pyrrole nitrogens is 1. The number of benzene rings is 1. The van der Waals surface area contributed by atoms with E-state index >= 15 is 0 Å². The van der Waals surface area contributed by atoms with Gasteiger partial charge >= 0.3 is 5.97 Å². The van der Waals surface area contributed by atoms with Crippen molar-refractivity contribution < 1.29 is 29.1 Å². The Morgan fingerprint density at radius 1 is 1.03 bits per heavy atom. The fourth-order valence-corrected chi connectivity index (χ4v) is 3.55. The van der Waals surface area contributed by atoms with Gasteiger partial charge in [-0.25, -0.2) is 4.79 Å². The van der Waals surface area contributed by atoms with Crippen LogP contribution in [0.1, 0.15) is 32.3 Å². The molecule has 190 valence electrons. The number of aromatic nitrogens is 1. The van der Waals surface area contributed by atoms with Crippen molar-refractivity contribution in [3.63, 3.8) is 0 Å². The number of carboxylic acid groups (broad SMARTS) is 1. The van der Waals surface area contributed by atoms with Crippen LogP contribution in [-0.2, 0) is 30.4 Å². The molecule has 0 bridgehead atoms. The largest absolute Gasteiger partial charge is 0.480 e. The van der Waals surface area contributed by atoms with Crippen LogP contribution in [-0.4, -0.2) is 64.4 Å². The minimum Gasteiger partial charge on any atom is -0.480 e. The molecule has 0 spiro atoms. The van der Waals surface area contributed by atoms with Gasteiger partial charge in [0, 0.05) is 23.5 Å². The second kappa shape index (κ2) is 12.5. The standard InChI is InChI=1S/C23H32N6O6/c1-12(2)7-17(29-21(32)15(24)9-19(25)30)22(33)27-11-20(31)28-18(23(34)35)8-13-10-26-16-6-4-3-5-14(13)16/h3-6,10,12,15,17-18,26H,7-9,11,24H2,1-2H3,(H2,25,30)(H,27,33)(H,28,31)(H,29,32)(H,34,35). The molecule has 0 saturated carbocycles. The summed E-state index contributed by atoms with van der Waals surface area (Å²) in [4.78, 5) is 63.0. The number of carbonyl (C=O) groups is 5. The predicted octanol–water partition coefficient (Wildman–Crippen LogP) is -0.870. The highest BCUT2D eigenvalue weighted by atomic mass is 16.4. The van der Waals surface area contributed by atoms with Gasteiger partial charge in [0.2, 0.25) is 23.6 Å². The summed E-state index contributed by atoms with van der Waals surface area (Å²) >= 11 is 0. The molecule has 4 amide bonds. The molecule has 35 heavy (non-hydrogen) atoms. The lowest BCUT2D eigenvalue weighted by atomic mass is 10.0. The lowest BCUT2D eigenvalue weighted by Crippen LogP contribution is -2.54. The Bertz CT molecular complexity index is 1080. The summed E-state index contributed by atoms with van der Waals surface area (Å²) in [5, 5.41) is 17.7. The number of carbonyl (C=O) groups excluding carboxylic acids is 4. The molecule has 0 saturated heterocycles. The van der Waals surface area contributed by atoms with Crippen molar-refractivity contribution in [3.05, 3.63) is 36.0 Å². The number of primary amides is 1. The molecular formula is C23H32N6O6. The molecule has 1 aromatic carbocycles. The smallest absolute Gasteiger partial charge is 0.326 e. The Kier molecular flexibility index (Phi) is 9.76. The van der Waals surface area contributed by atoms with Crippen LogP contribution in [0.2, 0.25) is 0 Å². The number of nitrogens with one attached hydrogen (secondary N) is 4. The summed E-state index contributed by atoms with van der Waals surface area (Å²) in [6, 6.07) is 3.96. The van der Waals surface area contributed by atoms with Gasteiger partial charge in [0.25, 0.3) is 0 Å². The maximum atomic E-state index is 12.6. The molecule has 12 heteroatoms. The van der Waals surface area contributed by atoms with Crippen molar-refractivity contribution in [1.29, 1.82) is 0 Å². The van der Waals surface area contributed by atoms with E-state index in [9.17, 15) is 29.1 Å². The first kappa shape index (κ1) is 27.3. The number of carboxylic acids is 1. The second-order valence-corrected chi connectivity index (χ2v) is 8.71. The van der Waals surface area contributed by atoms with Crippen LogP contribution < -0.4 is 27.4 Å². The fraction of sp³-hybridized carbons (Fsp3) is 0.435. The Balaban J connectivity index is 1.96. The first-order valence-corrected chi connectivity index (χ1v) is 11.2. The molecule has 1 aromatic heterocycles. The third kappa shape index (κ3) is 8.41. The zero-order valence-electron chi connectivity index (χ0n) is 19.7. The molecule has 9 N–H and O–H groups in total. The second-order valence-electron chi connectivity index (χ2n) is 8.71. The summed E-state index contributed by atoms with van der Waals surface area (Å²) in [5.41, 5.74) is 12.2. The molecule has 0 radical (unpaired) electrons. The first-order valence-electron chi connectivity index (χ1n) is 11.2. The van der Waals surface area contributed by atoms with Crippen LogP contribution in [0.15, 0.2) is 30.5 Å². The van der Waals surface area contributed by atoms with Crippen LogP contribution in [0, 0.1) is 5.92 Å². The maximum Gasteiger partial charge on any atom is 0.326 e. The molecule has 0 aliphatic heterocycles. The number of rotatable bonds is 13. The highest BCUT2D eigenvalue weighted by molar-refractivity contribution is 5.94. The van der Waals surface area contributed by atoms with Gasteiger partial charge in [0.15, 0.2) is 0 Å². The van der Waals surface area contributed by atoms with Crippen molar-refractivity contribution >= 4 is 40.5 Å². The van der Waals surface area contributed by atoms with Crippen LogP contribution in [0.4, 0.5) is 0 Å². The van der Waals surface area contributed by atoms with E-state index in [1.165, 1.54) is 0 Å². The van der Waals surface area contributed by atoms with Gasteiger partial charge in [-0.05, 0) is 24.0 Å². The summed E-state index contributed by atoms with van der Waals surface area (Å²) < 4.78 is 0. The summed E-state index contributed by atoms with van der Waals surface area (Å²) in [5.74, 6) is -4.03. The molecule has 0 aliphatic rings. The molecule has 2 aromatic rings. The molecule has 3 unspecified atom stereocenters. The molecule has 2 rings (SSSR count). The third-order valence-corrected chi connectivity index (χ3v) is 5.25. The lowest BCUT2D eigenvalue weighted by molar-refractivity contribution is -0.141. The normalized spacial score (nSPS) is 13.6. The van der Waals surface area contributed by atoms with Gasteiger partial charge in [-0.1, -0.05) is 32.0 Å². The average molecular weight is 489 g/mol. The first-order chi connectivity index (χ1) is 16.5. The highest BCUT2D eigenvalue weighted by Gasteiger charge is 2.27. The van der Waals surface area contributed by atoms with Crippen LogP contribution in [0.5, 0.6) is 0 Å². The van der Waals surface area contributed by atoms with Crippen molar-refractivity contribution in [1.82, 2.24) is 20.9 Å². The van der Waals surface area contributed by atoms with E-state index in [0.29, 0.717) is 0 Å². The monoisotopic (exact) mass is 488 g/mol. The summed E-state index contributed by atoms with van der Waals surface area (Å²) in [7, 11) is 0. The highest BCUT2D eigenvalue weighted by Crippen LogP contribution is 2.19. The Morgan fingerprint density at radius 2 is 1.71 bits per heavy atom. The zero-order chi connectivity index (χ0) is 26.1. The van der Waals surface area contributed by atoms with E-state index in [1.807, 2.05) is 38.1 Å². The van der Waals surface area contributed by atoms with Gasteiger partial charge < -0.3 is 37.5 Å². The lowest BCUT2D eigenvalue weighted by Gasteiger charge is -2.22. The Morgan fingerprint density at radius 3 is 2.34 bits per heavy atom. The summed E-state index contributed by atoms with van der Waals surface area (Å²) in [6.45, 7) is 3.18. The van der Waals surface area contributed by atoms with Gasteiger partial charge in [-0.3, -0.25) is 19.2 Å². The number of amides is 4. The van der Waals surface area contributed by atoms with Gasteiger partial charge in [-0.15, -0.1) is 0 Å². The predicted molar refractivity (Wildman–Crippen MR) is 128 cm³/mol. The molecular weight excluding hydrogens is 456 g/mol. The average Bonchev–Trinajstić information content (AvgIpc) is 3.18. The van der Waals surface area contributed by atoms with Crippen LogP contribution in [0.3, 0.4) is 0 Å². The van der Waals surface area contributed by atoms with Gasteiger partial charge in [0.05, 0.1) is 19.0 Å². The molecule has 0 aliphatic carbocycles. The number of hydrogen-bond donors (Lipinski definition) is 7. The Labute approximate surface area is 202 Å². The number of aliphatic carboxylic acids is 1. The number of para-hydroxylation sites is 1. The minimum absolute atomic E-state index is 0.0137. The molecule has 0 fully saturated rings. The van der Waals surface area contributed by atoms with Crippen molar-refractivity contribution in [2.45, 2.75) is 51.2 Å². The van der Waals surface area contributed by atoms with E-state index in [1.54, 1.807) is 6.20 Å². The SMILES string of the molecule is CC(C)CC(NC(=O)C(N)CC(N)=O)C(=O)NCC(=O)NC(Cc1c[nH]c2ccccc12)C(=O)O. The molecule has 3 atom stereocenters. The third-order valence-electron chi connectivity index (χ3n) is 5.25. The molecule has 12 nitrogen and oxygen atoms in total. The van der Waals surface area contributed by atoms with Crippen molar-refractivity contribution in [3.8, 4) is 0 Å². The number of fused-ring (bicyclic) bond motifs is 1. The minimum atomic E-state index is -1.22. The van der Waals surface area contributed by atoms with E-state index in [4.69, 9.17) is 11.5 Å². The van der Waals surface area contributed by atoms with E-state index < -0.39 is 54.3 Å². The van der Waals surface area contributed by atoms with E-state index in [0.717, 1.165) is 16.5 Å². The molecule has 1 heterocycles. The van der Waals surface area contributed by atoms with E-state index in [-0.39, 0.29) is 25.2 Å². The number of nitrogens with two attached hydrogens (primary N) is 2. The topological polar surface area (TPSA) is 209 Å². The quantitative estimate of drug-likeness (QED) is 0.189.